The summed E-state index contributed by atoms with van der Waals surface area (Å²) >= 11 is 0. The first-order chi connectivity index (χ1) is 14.4. The number of hydrazine groups is 1. The summed E-state index contributed by atoms with van der Waals surface area (Å²) in [5.74, 6) is 0.196. The topological polar surface area (TPSA) is 41.6 Å². The van der Waals surface area contributed by atoms with Crippen LogP contribution in [0, 0.1) is 0 Å². The third-order valence-electron chi connectivity index (χ3n) is 5.44. The summed E-state index contributed by atoms with van der Waals surface area (Å²) < 4.78 is 47.8. The number of benzene rings is 2. The van der Waals surface area contributed by atoms with Gasteiger partial charge in [0.05, 0.1) is 6.61 Å². The van der Waals surface area contributed by atoms with Gasteiger partial charge < -0.3 is 4.74 Å². The maximum absolute atomic E-state index is 14.0. The van der Waals surface area contributed by atoms with Crippen LogP contribution in [0.3, 0.4) is 0 Å². The van der Waals surface area contributed by atoms with Crippen LogP contribution in [0.2, 0.25) is 0 Å². The largest absolute Gasteiger partial charge is 0.493 e. The van der Waals surface area contributed by atoms with Crippen molar-refractivity contribution in [2.75, 3.05) is 13.2 Å². The van der Waals surface area contributed by atoms with E-state index < -0.39 is 18.1 Å². The van der Waals surface area contributed by atoms with E-state index in [0.29, 0.717) is 23.1 Å². The van der Waals surface area contributed by atoms with Gasteiger partial charge in [-0.1, -0.05) is 69.4 Å². The Bertz CT molecular complexity index is 854. The van der Waals surface area contributed by atoms with Crippen LogP contribution in [-0.4, -0.2) is 30.2 Å². The molecule has 2 aromatic carbocycles. The molecule has 7 heteroatoms. The van der Waals surface area contributed by atoms with Crippen molar-refractivity contribution in [2.24, 2.45) is 0 Å². The van der Waals surface area contributed by atoms with Gasteiger partial charge in [0.1, 0.15) is 5.75 Å². The smallest absolute Gasteiger partial charge is 0.409 e. The molecule has 1 aliphatic heterocycles. The van der Waals surface area contributed by atoms with E-state index in [0.717, 1.165) is 17.9 Å². The molecule has 1 heterocycles. The molecule has 2 aromatic rings. The number of unbranched alkanes of at least 4 members (excludes halogenated alkanes) is 5. The van der Waals surface area contributed by atoms with Gasteiger partial charge in [-0.05, 0) is 23.4 Å². The third kappa shape index (κ3) is 5.45. The average Bonchev–Trinajstić information content (AvgIpc) is 3.13. The van der Waals surface area contributed by atoms with Gasteiger partial charge in [0.2, 0.25) is 5.91 Å². The fourth-order valence-corrected chi connectivity index (χ4v) is 3.93. The van der Waals surface area contributed by atoms with E-state index in [1.54, 1.807) is 30.3 Å². The maximum atomic E-state index is 14.0. The van der Waals surface area contributed by atoms with E-state index in [4.69, 9.17) is 4.74 Å². The van der Waals surface area contributed by atoms with Crippen molar-refractivity contribution in [3.63, 3.8) is 0 Å². The van der Waals surface area contributed by atoms with Crippen LogP contribution in [0.1, 0.15) is 63.5 Å². The summed E-state index contributed by atoms with van der Waals surface area (Å²) in [5.41, 5.74) is 2.46. The molecule has 0 radical (unpaired) electrons. The van der Waals surface area contributed by atoms with Gasteiger partial charge in [0.15, 0.2) is 6.04 Å². The van der Waals surface area contributed by atoms with Crippen LogP contribution in [0.15, 0.2) is 36.4 Å². The number of fused-ring (bicyclic) bond motifs is 1. The first-order valence-electron chi connectivity index (χ1n) is 10.7. The summed E-state index contributed by atoms with van der Waals surface area (Å²) in [7, 11) is 0. The second kappa shape index (κ2) is 10.2. The van der Waals surface area contributed by atoms with Crippen molar-refractivity contribution >= 4 is 16.7 Å². The molecule has 3 rings (SSSR count). The van der Waals surface area contributed by atoms with E-state index in [1.165, 1.54) is 31.7 Å². The van der Waals surface area contributed by atoms with E-state index in [1.807, 2.05) is 0 Å². The number of halogens is 3. The van der Waals surface area contributed by atoms with Crippen molar-refractivity contribution in [1.82, 2.24) is 10.4 Å². The Kier molecular flexibility index (Phi) is 7.58. The standard InChI is InChI=1S/C23H29F3N2O2/c1-2-3-4-5-6-9-16-30-20-13-12-19(17-10-7-8-11-18(17)20)22(23(24,25)26)28-15-14-21(29)27-28/h7-8,10-13,22H,2-6,9,14-16H2,1H3,(H,27,29). The SMILES string of the molecule is CCCCCCCCOc1ccc(C(N2CCC(=O)N2)C(F)(F)F)c2ccccc12. The summed E-state index contributed by atoms with van der Waals surface area (Å²) in [6, 6.07) is 8.17. The molecule has 0 aromatic heterocycles. The Morgan fingerprint density at radius 3 is 2.40 bits per heavy atom. The molecule has 30 heavy (non-hydrogen) atoms. The van der Waals surface area contributed by atoms with Crippen LogP contribution in [-0.2, 0) is 4.79 Å². The van der Waals surface area contributed by atoms with Crippen LogP contribution in [0.4, 0.5) is 13.2 Å². The van der Waals surface area contributed by atoms with Crippen LogP contribution >= 0.6 is 0 Å². The zero-order valence-electron chi connectivity index (χ0n) is 17.3. The Morgan fingerprint density at radius 2 is 1.73 bits per heavy atom. The number of carbonyl (C=O) groups is 1. The lowest BCUT2D eigenvalue weighted by Gasteiger charge is -2.30. The summed E-state index contributed by atoms with van der Waals surface area (Å²) in [5, 5.41) is 2.13. The molecule has 164 valence electrons. The Balaban J connectivity index is 1.80. The minimum absolute atomic E-state index is 0.0214. The van der Waals surface area contributed by atoms with Crippen molar-refractivity contribution < 1.29 is 22.7 Å². The molecule has 0 spiro atoms. The molecule has 1 saturated heterocycles. The summed E-state index contributed by atoms with van der Waals surface area (Å²) in [6.07, 6.45) is 2.38. The highest BCUT2D eigenvalue weighted by molar-refractivity contribution is 5.91. The first kappa shape index (κ1) is 22.4. The zero-order chi connectivity index (χ0) is 21.6. The Labute approximate surface area is 175 Å². The molecule has 1 atom stereocenters. The van der Waals surface area contributed by atoms with E-state index in [9.17, 15) is 18.0 Å². The van der Waals surface area contributed by atoms with Crippen LogP contribution in [0.25, 0.3) is 10.8 Å². The zero-order valence-corrected chi connectivity index (χ0v) is 17.3. The molecule has 0 bridgehead atoms. The number of ether oxygens (including phenoxy) is 1. The van der Waals surface area contributed by atoms with Crippen molar-refractivity contribution in [1.29, 1.82) is 0 Å². The van der Waals surface area contributed by atoms with E-state index in [2.05, 4.69) is 12.3 Å². The molecule has 1 unspecified atom stereocenters. The van der Waals surface area contributed by atoms with Gasteiger partial charge in [0.25, 0.3) is 0 Å². The molecule has 1 fully saturated rings. The van der Waals surface area contributed by atoms with Crippen molar-refractivity contribution in [3.05, 3.63) is 42.0 Å². The number of amides is 1. The lowest BCUT2D eigenvalue weighted by atomic mass is 9.97. The quantitative estimate of drug-likeness (QED) is 0.483. The van der Waals surface area contributed by atoms with Gasteiger partial charge in [0, 0.05) is 18.4 Å². The highest BCUT2D eigenvalue weighted by Gasteiger charge is 2.47. The molecule has 1 N–H and O–H groups in total. The molecule has 0 saturated carbocycles. The molecular weight excluding hydrogens is 393 g/mol. The van der Waals surface area contributed by atoms with Crippen molar-refractivity contribution in [3.8, 4) is 5.75 Å². The van der Waals surface area contributed by atoms with Crippen LogP contribution in [0.5, 0.6) is 5.75 Å². The highest BCUT2D eigenvalue weighted by Crippen LogP contribution is 2.42. The third-order valence-corrected chi connectivity index (χ3v) is 5.44. The lowest BCUT2D eigenvalue weighted by molar-refractivity contribution is -0.190. The lowest BCUT2D eigenvalue weighted by Crippen LogP contribution is -2.43. The number of carbonyl (C=O) groups excluding carboxylic acids is 1. The van der Waals surface area contributed by atoms with Gasteiger partial charge in [-0.3, -0.25) is 10.2 Å². The number of hydrogen-bond acceptors (Lipinski definition) is 3. The number of nitrogens with one attached hydrogen (secondary N) is 1. The molecule has 1 aliphatic rings. The van der Waals surface area contributed by atoms with Gasteiger partial charge >= 0.3 is 6.18 Å². The molecule has 0 aliphatic carbocycles. The van der Waals surface area contributed by atoms with E-state index in [-0.39, 0.29) is 18.5 Å². The Morgan fingerprint density at radius 1 is 1.03 bits per heavy atom. The number of nitrogens with zero attached hydrogens (tertiary/aromatic N) is 1. The van der Waals surface area contributed by atoms with Gasteiger partial charge in [-0.2, -0.15) is 13.2 Å². The monoisotopic (exact) mass is 422 g/mol. The van der Waals surface area contributed by atoms with Crippen molar-refractivity contribution in [2.45, 2.75) is 64.1 Å². The molecule has 1 amide bonds. The average molecular weight is 422 g/mol. The summed E-state index contributed by atoms with van der Waals surface area (Å²) in [6.45, 7) is 2.74. The van der Waals surface area contributed by atoms with Crippen LogP contribution < -0.4 is 10.2 Å². The minimum Gasteiger partial charge on any atom is -0.493 e. The highest BCUT2D eigenvalue weighted by atomic mass is 19.4. The Hall–Kier alpha value is -2.28. The minimum atomic E-state index is -4.53. The molecule has 4 nitrogen and oxygen atoms in total. The number of alkyl halides is 3. The fourth-order valence-electron chi connectivity index (χ4n) is 3.93. The predicted molar refractivity (Wildman–Crippen MR) is 111 cm³/mol. The number of rotatable bonds is 10. The van der Waals surface area contributed by atoms with E-state index >= 15 is 0 Å². The predicted octanol–water partition coefficient (Wildman–Crippen LogP) is 5.92. The van der Waals surface area contributed by atoms with Gasteiger partial charge in [-0.15, -0.1) is 0 Å². The molecular formula is C23H29F3N2O2. The summed E-state index contributed by atoms with van der Waals surface area (Å²) in [4.78, 5) is 11.5. The maximum Gasteiger partial charge on any atom is 0.409 e. The second-order valence-electron chi connectivity index (χ2n) is 7.74. The second-order valence-corrected chi connectivity index (χ2v) is 7.74. The van der Waals surface area contributed by atoms with Gasteiger partial charge in [-0.25, -0.2) is 5.01 Å². The first-order valence-corrected chi connectivity index (χ1v) is 10.7. The number of hydrogen-bond donors (Lipinski definition) is 1. The normalized spacial score (nSPS) is 16.1. The fraction of sp³-hybridized carbons (Fsp3) is 0.522.